The first kappa shape index (κ1) is 14.7. The van der Waals surface area contributed by atoms with Gasteiger partial charge in [0.15, 0.2) is 0 Å². The minimum atomic E-state index is -0.560. The molecule has 1 N–H and O–H groups in total. The molecule has 104 valence electrons. The van der Waals surface area contributed by atoms with Crippen LogP contribution in [-0.2, 0) is 11.3 Å². The number of aryl methyl sites for hydroxylation is 1. The van der Waals surface area contributed by atoms with E-state index in [0.29, 0.717) is 11.0 Å². The molecule has 0 unspecified atom stereocenters. The molecule has 0 fully saturated rings. The Morgan fingerprint density at radius 3 is 2.65 bits per heavy atom. The van der Waals surface area contributed by atoms with E-state index in [0.717, 1.165) is 16.5 Å². The Hall–Kier alpha value is -1.75. The number of carbonyl (C=O) groups excluding carboxylic acids is 1. The van der Waals surface area contributed by atoms with Gasteiger partial charge in [0.25, 0.3) is 0 Å². The minimum Gasteiger partial charge on any atom is -0.443 e. The molecule has 0 aliphatic carbocycles. The lowest BCUT2D eigenvalue weighted by molar-refractivity contribution is 0.0544. The van der Waals surface area contributed by atoms with Crippen LogP contribution in [0.4, 0.5) is 4.79 Å². The zero-order valence-corrected chi connectivity index (χ0v) is 12.2. The molecule has 0 amide bonds. The van der Waals surface area contributed by atoms with Crippen LogP contribution >= 0.6 is 0 Å². The fourth-order valence-corrected chi connectivity index (χ4v) is 2.26. The van der Waals surface area contributed by atoms with Crippen molar-refractivity contribution in [2.75, 3.05) is 0 Å². The predicted octanol–water partition coefficient (Wildman–Crippen LogP) is 2.02. The molecule has 0 atom stereocenters. The van der Waals surface area contributed by atoms with Crippen molar-refractivity contribution in [3.63, 3.8) is 0 Å². The Kier molecular flexibility index (Phi) is 3.65. The molecule has 0 aliphatic heterocycles. The molecule has 0 saturated carbocycles. The first-order chi connectivity index (χ1) is 9.24. The number of aliphatic hydroxyl groups excluding tert-OH is 1. The van der Waals surface area contributed by atoms with Gasteiger partial charge in [0.2, 0.25) is 0 Å². The number of carbonyl (C=O) groups is 1. The van der Waals surface area contributed by atoms with Gasteiger partial charge in [0, 0.05) is 11.6 Å². The highest BCUT2D eigenvalue weighted by atomic mass is 16.6. The summed E-state index contributed by atoms with van der Waals surface area (Å²) in [5.41, 5.74) is 2.19. The fraction of sp³-hybridized carbons (Fsp3) is 0.400. The Morgan fingerprint density at radius 2 is 2.10 bits per heavy atom. The summed E-state index contributed by atoms with van der Waals surface area (Å²) >= 11 is 0. The maximum absolute atomic E-state index is 12.2. The summed E-state index contributed by atoms with van der Waals surface area (Å²) in [6.45, 7) is 7.17. The van der Waals surface area contributed by atoms with Crippen LogP contribution < -0.4 is 5.46 Å². The first-order valence-corrected chi connectivity index (χ1v) is 6.48. The zero-order chi connectivity index (χ0) is 15.1. The van der Waals surface area contributed by atoms with E-state index in [9.17, 15) is 9.90 Å². The fourth-order valence-electron chi connectivity index (χ4n) is 2.26. The molecule has 4 nitrogen and oxygen atoms in total. The zero-order valence-electron chi connectivity index (χ0n) is 12.2. The summed E-state index contributed by atoms with van der Waals surface area (Å²) in [6.07, 6.45) is 1.20. The second-order valence-corrected chi connectivity index (χ2v) is 5.85. The highest BCUT2D eigenvalue weighted by Gasteiger charge is 2.20. The third-order valence-corrected chi connectivity index (χ3v) is 3.05. The van der Waals surface area contributed by atoms with Gasteiger partial charge in [-0.05, 0) is 44.9 Å². The van der Waals surface area contributed by atoms with Gasteiger partial charge >= 0.3 is 6.09 Å². The van der Waals surface area contributed by atoms with E-state index < -0.39 is 11.7 Å². The number of ether oxygens (including phenoxy) is 1. The standard InChI is InChI=1S/C15H18BNO3/c1-9-7-12(16)11(8-18)10-5-6-17(13(9)10)14(19)20-15(2,3)4/h5-7,18H,8H2,1-4H3. The van der Waals surface area contributed by atoms with Crippen LogP contribution in [0.1, 0.15) is 31.9 Å². The molecule has 2 rings (SSSR count). The summed E-state index contributed by atoms with van der Waals surface area (Å²) in [5, 5.41) is 10.2. The van der Waals surface area contributed by atoms with Crippen LogP contribution in [0.2, 0.25) is 0 Å². The maximum Gasteiger partial charge on any atom is 0.418 e. The smallest absolute Gasteiger partial charge is 0.418 e. The summed E-state index contributed by atoms with van der Waals surface area (Å²) in [5.74, 6) is 0. The lowest BCUT2D eigenvalue weighted by Gasteiger charge is -2.20. The van der Waals surface area contributed by atoms with Crippen molar-refractivity contribution in [1.82, 2.24) is 4.57 Å². The molecule has 2 aromatic rings. The van der Waals surface area contributed by atoms with Gasteiger partial charge in [-0.1, -0.05) is 11.5 Å². The monoisotopic (exact) mass is 271 g/mol. The van der Waals surface area contributed by atoms with Gasteiger partial charge in [-0.3, -0.25) is 4.57 Å². The third-order valence-electron chi connectivity index (χ3n) is 3.05. The molecular formula is C15H18BNO3. The summed E-state index contributed by atoms with van der Waals surface area (Å²) in [7, 11) is 5.90. The van der Waals surface area contributed by atoms with Crippen LogP contribution in [0.25, 0.3) is 10.9 Å². The van der Waals surface area contributed by atoms with Gasteiger partial charge in [0.1, 0.15) is 13.4 Å². The van der Waals surface area contributed by atoms with Crippen LogP contribution in [0.15, 0.2) is 18.3 Å². The van der Waals surface area contributed by atoms with E-state index in [1.165, 1.54) is 4.57 Å². The van der Waals surface area contributed by atoms with E-state index in [4.69, 9.17) is 12.6 Å². The number of nitrogens with zero attached hydrogens (tertiary/aromatic N) is 1. The van der Waals surface area contributed by atoms with E-state index in [1.54, 1.807) is 18.3 Å². The van der Waals surface area contributed by atoms with Gasteiger partial charge in [-0.2, -0.15) is 0 Å². The Bertz CT molecular complexity index is 668. The molecule has 1 heterocycles. The number of aliphatic hydroxyl groups is 1. The minimum absolute atomic E-state index is 0.166. The second kappa shape index (κ2) is 4.98. The van der Waals surface area contributed by atoms with E-state index in [2.05, 4.69) is 0 Å². The Labute approximate surface area is 119 Å². The summed E-state index contributed by atoms with van der Waals surface area (Å²) < 4.78 is 6.83. The number of benzene rings is 1. The van der Waals surface area contributed by atoms with Crippen LogP contribution in [0.5, 0.6) is 0 Å². The number of hydrogen-bond acceptors (Lipinski definition) is 3. The van der Waals surface area contributed by atoms with Crippen molar-refractivity contribution in [3.8, 4) is 0 Å². The Morgan fingerprint density at radius 1 is 1.45 bits per heavy atom. The van der Waals surface area contributed by atoms with Crippen molar-refractivity contribution >= 4 is 30.3 Å². The van der Waals surface area contributed by atoms with Gasteiger partial charge in [-0.15, -0.1) is 0 Å². The SMILES string of the molecule is [B]c1cc(C)c2c(ccn2C(=O)OC(C)(C)C)c1CO. The van der Waals surface area contributed by atoms with E-state index in [1.807, 2.05) is 27.7 Å². The van der Waals surface area contributed by atoms with Crippen molar-refractivity contribution in [2.45, 2.75) is 39.9 Å². The maximum atomic E-state index is 12.2. The number of rotatable bonds is 1. The lowest BCUT2D eigenvalue weighted by Crippen LogP contribution is -2.27. The molecule has 0 aliphatic rings. The first-order valence-electron chi connectivity index (χ1n) is 6.48. The van der Waals surface area contributed by atoms with Crippen molar-refractivity contribution in [3.05, 3.63) is 29.5 Å². The molecule has 0 spiro atoms. The van der Waals surface area contributed by atoms with E-state index in [-0.39, 0.29) is 6.61 Å². The predicted molar refractivity (Wildman–Crippen MR) is 79.6 cm³/mol. The largest absolute Gasteiger partial charge is 0.443 e. The van der Waals surface area contributed by atoms with Crippen molar-refractivity contribution < 1.29 is 14.6 Å². The van der Waals surface area contributed by atoms with Crippen LogP contribution in [-0.4, -0.2) is 29.2 Å². The van der Waals surface area contributed by atoms with Gasteiger partial charge in [-0.25, -0.2) is 4.79 Å². The third kappa shape index (κ3) is 2.58. The van der Waals surface area contributed by atoms with Gasteiger partial charge < -0.3 is 9.84 Å². The Balaban J connectivity index is 2.60. The molecule has 0 saturated heterocycles. The summed E-state index contributed by atoms with van der Waals surface area (Å²) in [4.78, 5) is 12.2. The molecule has 0 bridgehead atoms. The quantitative estimate of drug-likeness (QED) is 0.807. The molecule has 5 heteroatoms. The van der Waals surface area contributed by atoms with Crippen molar-refractivity contribution in [1.29, 1.82) is 0 Å². The molecule has 2 radical (unpaired) electrons. The number of aromatic nitrogens is 1. The topological polar surface area (TPSA) is 51.5 Å². The number of fused-ring (bicyclic) bond motifs is 1. The average Bonchev–Trinajstić information content (AvgIpc) is 2.72. The molecule has 1 aromatic carbocycles. The van der Waals surface area contributed by atoms with Crippen molar-refractivity contribution in [2.24, 2.45) is 0 Å². The number of hydrogen-bond donors (Lipinski definition) is 1. The van der Waals surface area contributed by atoms with Gasteiger partial charge in [0.05, 0.1) is 12.1 Å². The molecule has 20 heavy (non-hydrogen) atoms. The second-order valence-electron chi connectivity index (χ2n) is 5.85. The van der Waals surface area contributed by atoms with Crippen LogP contribution in [0, 0.1) is 6.92 Å². The molecular weight excluding hydrogens is 253 g/mol. The van der Waals surface area contributed by atoms with E-state index >= 15 is 0 Å². The molecule has 1 aromatic heterocycles. The summed E-state index contributed by atoms with van der Waals surface area (Å²) in [6, 6.07) is 3.53. The van der Waals surface area contributed by atoms with Crippen LogP contribution in [0.3, 0.4) is 0 Å². The highest BCUT2D eigenvalue weighted by molar-refractivity contribution is 6.34. The lowest BCUT2D eigenvalue weighted by atomic mass is 9.87. The average molecular weight is 271 g/mol. The normalized spacial score (nSPS) is 11.8. The highest BCUT2D eigenvalue weighted by Crippen LogP contribution is 2.24.